The Morgan fingerprint density at radius 1 is 1.00 bits per heavy atom. The summed E-state index contributed by atoms with van der Waals surface area (Å²) in [5.41, 5.74) is 3.25. The molecule has 1 aromatic heterocycles. The van der Waals surface area contributed by atoms with Gasteiger partial charge < -0.3 is 9.47 Å². The maximum atomic E-state index is 14.4. The van der Waals surface area contributed by atoms with Crippen LogP contribution in [-0.2, 0) is 16.1 Å². The Morgan fingerprint density at radius 3 is 2.51 bits per heavy atom. The third kappa shape index (κ3) is 6.64. The summed E-state index contributed by atoms with van der Waals surface area (Å²) in [6, 6.07) is 32.4. The van der Waals surface area contributed by atoms with E-state index in [2.05, 4.69) is 56.7 Å². The van der Waals surface area contributed by atoms with Crippen molar-refractivity contribution in [1.29, 1.82) is 0 Å². The number of thiazole rings is 1. The summed E-state index contributed by atoms with van der Waals surface area (Å²) in [7, 11) is 0. The monoisotopic (exact) mass is 844 g/mol. The maximum Gasteiger partial charge on any atom is 0.338 e. The van der Waals surface area contributed by atoms with Crippen LogP contribution in [0.1, 0.15) is 35.2 Å². The molecule has 49 heavy (non-hydrogen) atoms. The molecule has 0 saturated heterocycles. The van der Waals surface area contributed by atoms with E-state index in [9.17, 15) is 14.0 Å². The Labute approximate surface area is 307 Å². The van der Waals surface area contributed by atoms with Crippen LogP contribution < -0.4 is 19.6 Å². The van der Waals surface area contributed by atoms with Gasteiger partial charge in [-0.25, -0.2) is 14.2 Å². The molecule has 10 heteroatoms. The van der Waals surface area contributed by atoms with Gasteiger partial charge in [0.25, 0.3) is 5.56 Å². The van der Waals surface area contributed by atoms with Crippen LogP contribution in [0.15, 0.2) is 129 Å². The normalized spacial score (nSPS) is 14.4. The molecule has 2 heterocycles. The first-order valence-corrected chi connectivity index (χ1v) is 18.1. The number of halogens is 3. The molecule has 1 aliphatic rings. The van der Waals surface area contributed by atoms with Crippen LogP contribution in [0.2, 0.25) is 0 Å². The van der Waals surface area contributed by atoms with E-state index in [1.165, 1.54) is 28.0 Å². The first-order valence-electron chi connectivity index (χ1n) is 15.4. The van der Waals surface area contributed by atoms with Crippen molar-refractivity contribution in [2.45, 2.75) is 19.6 Å². The molecule has 0 unspecified atom stereocenters. The quantitative estimate of drug-likeness (QED) is 0.115. The number of hydrogen-bond donors (Lipinski definition) is 0. The number of carbonyl (C=O) groups excluding carboxylic acids is 1. The van der Waals surface area contributed by atoms with Crippen molar-refractivity contribution in [2.24, 2.45) is 4.99 Å². The Balaban J connectivity index is 1.40. The largest absolute Gasteiger partial charge is 0.487 e. The molecule has 6 aromatic rings. The molecule has 244 valence electrons. The van der Waals surface area contributed by atoms with Gasteiger partial charge in [-0.3, -0.25) is 9.36 Å². The van der Waals surface area contributed by atoms with Crippen LogP contribution in [0.4, 0.5) is 4.39 Å². The van der Waals surface area contributed by atoms with Gasteiger partial charge in [0.05, 0.1) is 32.0 Å². The average molecular weight is 846 g/mol. The van der Waals surface area contributed by atoms with Gasteiger partial charge >= 0.3 is 5.97 Å². The minimum atomic E-state index is -0.905. The Hall–Kier alpha value is -4.39. The number of esters is 1. The zero-order valence-electron chi connectivity index (χ0n) is 26.0. The highest BCUT2D eigenvalue weighted by Gasteiger charge is 2.35. The highest BCUT2D eigenvalue weighted by molar-refractivity contribution is 14.1. The number of hydrogen-bond acceptors (Lipinski definition) is 6. The summed E-state index contributed by atoms with van der Waals surface area (Å²) in [5, 5.41) is 2.24. The van der Waals surface area contributed by atoms with Gasteiger partial charge in [0.15, 0.2) is 4.80 Å². The maximum absolute atomic E-state index is 14.4. The number of rotatable bonds is 8. The zero-order valence-corrected chi connectivity index (χ0v) is 30.6. The van der Waals surface area contributed by atoms with E-state index in [-0.39, 0.29) is 17.7 Å². The molecule has 0 N–H and O–H groups in total. The van der Waals surface area contributed by atoms with Gasteiger partial charge in [-0.05, 0) is 81.8 Å². The van der Waals surface area contributed by atoms with Gasteiger partial charge in [-0.1, -0.05) is 112 Å². The van der Waals surface area contributed by atoms with Crippen molar-refractivity contribution in [3.8, 4) is 5.75 Å². The number of aromatic nitrogens is 1. The molecule has 5 aromatic carbocycles. The predicted octanol–water partition coefficient (Wildman–Crippen LogP) is 8.17. The lowest BCUT2D eigenvalue weighted by Crippen LogP contribution is -2.40. The molecule has 1 aliphatic heterocycles. The van der Waals surface area contributed by atoms with E-state index in [0.717, 1.165) is 24.4 Å². The lowest BCUT2D eigenvalue weighted by molar-refractivity contribution is -0.138. The Kier molecular flexibility index (Phi) is 9.62. The van der Waals surface area contributed by atoms with Crippen molar-refractivity contribution in [1.82, 2.24) is 4.57 Å². The van der Waals surface area contributed by atoms with Crippen molar-refractivity contribution < 1.29 is 18.7 Å². The van der Waals surface area contributed by atoms with E-state index in [1.54, 1.807) is 25.1 Å². The third-order valence-corrected chi connectivity index (χ3v) is 10.4. The van der Waals surface area contributed by atoms with Gasteiger partial charge in [-0.15, -0.1) is 0 Å². The van der Waals surface area contributed by atoms with Crippen molar-refractivity contribution in [3.05, 3.63) is 171 Å². The van der Waals surface area contributed by atoms with E-state index in [0.29, 0.717) is 44.1 Å². The van der Waals surface area contributed by atoms with Crippen molar-refractivity contribution in [2.75, 3.05) is 6.61 Å². The predicted molar refractivity (Wildman–Crippen MR) is 203 cm³/mol. The Bertz CT molecular complexity index is 2440. The van der Waals surface area contributed by atoms with Gasteiger partial charge in [0.1, 0.15) is 18.2 Å². The lowest BCUT2D eigenvalue weighted by Gasteiger charge is -2.25. The van der Waals surface area contributed by atoms with Crippen LogP contribution in [0.3, 0.4) is 0 Å². The number of nitrogens with zero attached hydrogens (tertiary/aromatic N) is 2. The van der Waals surface area contributed by atoms with Crippen molar-refractivity contribution in [3.63, 3.8) is 0 Å². The van der Waals surface area contributed by atoms with Crippen LogP contribution in [0.25, 0.3) is 22.5 Å². The van der Waals surface area contributed by atoms with Gasteiger partial charge in [0.2, 0.25) is 0 Å². The molecule has 1 atom stereocenters. The fourth-order valence-corrected chi connectivity index (χ4v) is 8.65. The molecule has 0 bridgehead atoms. The second-order valence-electron chi connectivity index (χ2n) is 11.2. The highest BCUT2D eigenvalue weighted by Crippen LogP contribution is 2.36. The summed E-state index contributed by atoms with van der Waals surface area (Å²) < 4.78 is 29.7. The third-order valence-electron chi connectivity index (χ3n) is 8.14. The van der Waals surface area contributed by atoms with Crippen LogP contribution >= 0.6 is 49.9 Å². The number of benzene rings is 5. The summed E-state index contributed by atoms with van der Waals surface area (Å²) in [6.07, 6.45) is 1.80. The van der Waals surface area contributed by atoms with E-state index in [4.69, 9.17) is 14.5 Å². The fraction of sp³-hybridized carbons (Fsp3) is 0.103. The number of fused-ring (bicyclic) bond motifs is 2. The zero-order chi connectivity index (χ0) is 34.1. The van der Waals surface area contributed by atoms with Crippen LogP contribution in [-0.4, -0.2) is 17.1 Å². The molecule has 0 fully saturated rings. The molecule has 0 spiro atoms. The Morgan fingerprint density at radius 2 is 1.73 bits per heavy atom. The molecule has 6 nitrogen and oxygen atoms in total. The summed E-state index contributed by atoms with van der Waals surface area (Å²) in [6.45, 7) is 2.19. The minimum Gasteiger partial charge on any atom is -0.487 e. The highest BCUT2D eigenvalue weighted by atomic mass is 127. The first-order chi connectivity index (χ1) is 23.8. The molecule has 7 rings (SSSR count). The van der Waals surface area contributed by atoms with Crippen LogP contribution in [0, 0.1) is 9.39 Å². The molecule has 0 saturated carbocycles. The summed E-state index contributed by atoms with van der Waals surface area (Å²) in [5.74, 6) is -0.393. The van der Waals surface area contributed by atoms with Gasteiger partial charge in [0, 0.05) is 15.6 Å². The SMILES string of the molecule is CCOC(=O)C1=C(c2ccccc2)N=c2s/c(=C\c3cc(Br)cc(I)c3OCc3cccc4ccccc34)c(=O)n2[C@H]1c1ccc(F)cc1. The molecular formula is C39H27BrFIN2O4S. The lowest BCUT2D eigenvalue weighted by atomic mass is 9.93. The second kappa shape index (κ2) is 14.2. The molecule has 0 radical (unpaired) electrons. The van der Waals surface area contributed by atoms with Crippen LogP contribution in [0.5, 0.6) is 5.75 Å². The molecule has 0 aliphatic carbocycles. The fourth-order valence-electron chi connectivity index (χ4n) is 5.95. The average Bonchev–Trinajstić information content (AvgIpc) is 3.42. The van der Waals surface area contributed by atoms with E-state index >= 15 is 0 Å². The smallest absolute Gasteiger partial charge is 0.338 e. The van der Waals surface area contributed by atoms with E-state index < -0.39 is 17.8 Å². The second-order valence-corrected chi connectivity index (χ2v) is 14.3. The number of ether oxygens (including phenoxy) is 2. The summed E-state index contributed by atoms with van der Waals surface area (Å²) >= 11 is 7.07. The van der Waals surface area contributed by atoms with Crippen molar-refractivity contribution >= 4 is 78.4 Å². The van der Waals surface area contributed by atoms with Gasteiger partial charge in [-0.2, -0.15) is 0 Å². The summed E-state index contributed by atoms with van der Waals surface area (Å²) in [4.78, 5) is 33.4. The first kappa shape index (κ1) is 33.1. The number of carbonyl (C=O) groups is 1. The molecule has 0 amide bonds. The van der Waals surface area contributed by atoms with E-state index in [1.807, 2.05) is 66.7 Å². The minimum absolute atomic E-state index is 0.133. The standard InChI is InChI=1S/C39H27BrFIN2O4S/c1-2-47-38(46)33-34(24-10-4-3-5-11-24)43-39-44(35(33)25-15-17-29(41)18-16-25)37(45)32(49-39)20-27-19-28(40)21-31(42)36(27)48-22-26-13-8-12-23-9-6-7-14-30(23)26/h3-21,35H,2,22H2,1H3/b32-20-/t35-/m0/s1. The topological polar surface area (TPSA) is 69.9 Å². The molecular weight excluding hydrogens is 818 g/mol.